The fourth-order valence-electron chi connectivity index (χ4n) is 3.84. The summed E-state index contributed by atoms with van der Waals surface area (Å²) in [5.41, 5.74) is 1.25. The third kappa shape index (κ3) is 3.49. The molecule has 1 aromatic heterocycles. The summed E-state index contributed by atoms with van der Waals surface area (Å²) < 4.78 is 2.17. The molecule has 8 heteroatoms. The van der Waals surface area contributed by atoms with E-state index in [9.17, 15) is 14.9 Å². The fraction of sp³-hybridized carbons (Fsp3) is 0.500. The molecule has 0 saturated carbocycles. The topological polar surface area (TPSA) is 69.3 Å². The Morgan fingerprint density at radius 1 is 1.39 bits per heavy atom. The first-order chi connectivity index (χ1) is 13.3. The highest BCUT2D eigenvalue weighted by atomic mass is 32.2. The standard InChI is InChI=1S/C20H24N4O2S2/c1-5-24-17(23-8-6-7-12(2)11-23)14(13(3)15(10-21)18(24)25)9-16-19(26)22(4)20(27)28-16/h9,12H,5-8,11H2,1-4H3. The second-order valence-corrected chi connectivity index (χ2v) is 9.01. The van der Waals surface area contributed by atoms with Crippen molar-refractivity contribution in [1.82, 2.24) is 9.47 Å². The van der Waals surface area contributed by atoms with E-state index in [-0.39, 0.29) is 17.0 Å². The van der Waals surface area contributed by atoms with E-state index in [1.54, 1.807) is 24.6 Å². The molecule has 2 saturated heterocycles. The molecular weight excluding hydrogens is 392 g/mol. The molecule has 148 valence electrons. The number of thioether (sulfide) groups is 1. The molecule has 0 aliphatic carbocycles. The van der Waals surface area contributed by atoms with Crippen LogP contribution in [0.25, 0.3) is 6.08 Å². The van der Waals surface area contributed by atoms with Crippen LogP contribution in [0.1, 0.15) is 43.4 Å². The molecule has 0 radical (unpaired) electrons. The number of nitriles is 1. The highest BCUT2D eigenvalue weighted by Gasteiger charge is 2.31. The van der Waals surface area contributed by atoms with Gasteiger partial charge in [-0.25, -0.2) is 0 Å². The van der Waals surface area contributed by atoms with Gasteiger partial charge in [0.1, 0.15) is 21.8 Å². The number of rotatable bonds is 3. The van der Waals surface area contributed by atoms with Gasteiger partial charge < -0.3 is 4.90 Å². The molecule has 2 fully saturated rings. The van der Waals surface area contributed by atoms with Crippen LogP contribution in [0.5, 0.6) is 0 Å². The maximum Gasteiger partial charge on any atom is 0.270 e. The highest BCUT2D eigenvalue weighted by molar-refractivity contribution is 8.26. The van der Waals surface area contributed by atoms with Crippen molar-refractivity contribution in [3.05, 3.63) is 31.9 Å². The number of likely N-dealkylation sites (N-methyl/N-ethyl adjacent to an activating group) is 1. The summed E-state index contributed by atoms with van der Waals surface area (Å²) in [7, 11) is 1.66. The van der Waals surface area contributed by atoms with E-state index in [1.807, 2.05) is 6.92 Å². The number of carbonyl (C=O) groups is 1. The number of pyridine rings is 1. The van der Waals surface area contributed by atoms with E-state index in [0.29, 0.717) is 27.3 Å². The average molecular weight is 417 g/mol. The second kappa shape index (κ2) is 8.10. The van der Waals surface area contributed by atoms with Crippen molar-refractivity contribution < 1.29 is 4.79 Å². The number of hydrogen-bond donors (Lipinski definition) is 0. The maximum atomic E-state index is 12.9. The van der Waals surface area contributed by atoms with Crippen molar-refractivity contribution in [1.29, 1.82) is 5.26 Å². The molecule has 6 nitrogen and oxygen atoms in total. The molecule has 2 aliphatic rings. The van der Waals surface area contributed by atoms with Crippen LogP contribution in [0.15, 0.2) is 9.70 Å². The van der Waals surface area contributed by atoms with Gasteiger partial charge in [-0.1, -0.05) is 30.9 Å². The lowest BCUT2D eigenvalue weighted by molar-refractivity contribution is -0.121. The number of thiocarbonyl (C=S) groups is 1. The van der Waals surface area contributed by atoms with Crippen molar-refractivity contribution in [2.75, 3.05) is 25.0 Å². The van der Waals surface area contributed by atoms with E-state index >= 15 is 0 Å². The molecule has 0 spiro atoms. The Bertz CT molecular complexity index is 974. The minimum absolute atomic E-state index is 0.133. The number of anilines is 1. The lowest BCUT2D eigenvalue weighted by Crippen LogP contribution is -2.40. The first-order valence-corrected chi connectivity index (χ1v) is 10.7. The number of aromatic nitrogens is 1. The molecule has 1 atom stereocenters. The van der Waals surface area contributed by atoms with Gasteiger partial charge in [-0.15, -0.1) is 0 Å². The van der Waals surface area contributed by atoms with Crippen LogP contribution in [0, 0.1) is 24.2 Å². The first-order valence-electron chi connectivity index (χ1n) is 9.44. The van der Waals surface area contributed by atoms with Crippen LogP contribution in [-0.4, -0.2) is 39.8 Å². The molecule has 28 heavy (non-hydrogen) atoms. The third-order valence-corrected chi connectivity index (χ3v) is 6.87. The number of amides is 1. The van der Waals surface area contributed by atoms with E-state index in [0.717, 1.165) is 37.3 Å². The Morgan fingerprint density at radius 2 is 2.11 bits per heavy atom. The van der Waals surface area contributed by atoms with Gasteiger partial charge in [0.05, 0.1) is 4.91 Å². The van der Waals surface area contributed by atoms with Gasteiger partial charge in [0.2, 0.25) is 0 Å². The lowest BCUT2D eigenvalue weighted by Gasteiger charge is -2.35. The summed E-state index contributed by atoms with van der Waals surface area (Å²) in [6.07, 6.45) is 4.01. The molecule has 3 rings (SSSR count). The minimum Gasteiger partial charge on any atom is -0.357 e. The largest absolute Gasteiger partial charge is 0.357 e. The van der Waals surface area contributed by atoms with Gasteiger partial charge in [0, 0.05) is 32.2 Å². The van der Waals surface area contributed by atoms with Crippen molar-refractivity contribution in [3.8, 4) is 6.07 Å². The highest BCUT2D eigenvalue weighted by Crippen LogP contribution is 2.36. The summed E-state index contributed by atoms with van der Waals surface area (Å²) in [6, 6.07) is 2.06. The quantitative estimate of drug-likeness (QED) is 0.557. The Kier molecular flexibility index (Phi) is 5.96. The zero-order valence-electron chi connectivity index (χ0n) is 16.6. The monoisotopic (exact) mass is 416 g/mol. The average Bonchev–Trinajstić information content (AvgIpc) is 2.90. The summed E-state index contributed by atoms with van der Waals surface area (Å²) in [4.78, 5) is 29.7. The van der Waals surface area contributed by atoms with Gasteiger partial charge >= 0.3 is 0 Å². The van der Waals surface area contributed by atoms with E-state index < -0.39 is 0 Å². The summed E-state index contributed by atoms with van der Waals surface area (Å²) in [5, 5.41) is 9.59. The third-order valence-electron chi connectivity index (χ3n) is 5.38. The van der Waals surface area contributed by atoms with Crippen molar-refractivity contribution in [2.24, 2.45) is 5.92 Å². The van der Waals surface area contributed by atoms with Crippen LogP contribution in [-0.2, 0) is 11.3 Å². The van der Waals surface area contributed by atoms with Gasteiger partial charge in [-0.2, -0.15) is 5.26 Å². The molecule has 1 unspecified atom stereocenters. The summed E-state index contributed by atoms with van der Waals surface area (Å²) in [5.74, 6) is 1.17. The Balaban J connectivity index is 2.28. The maximum absolute atomic E-state index is 12.9. The predicted molar refractivity (Wildman–Crippen MR) is 117 cm³/mol. The van der Waals surface area contributed by atoms with Gasteiger partial charge in [0.15, 0.2) is 0 Å². The van der Waals surface area contributed by atoms with Crippen molar-refractivity contribution in [3.63, 3.8) is 0 Å². The van der Waals surface area contributed by atoms with Gasteiger partial charge in [0.25, 0.3) is 11.5 Å². The molecule has 0 N–H and O–H groups in total. The van der Waals surface area contributed by atoms with E-state index in [4.69, 9.17) is 12.2 Å². The minimum atomic E-state index is -0.268. The SMILES string of the molecule is CCn1c(N2CCCC(C)C2)c(C=C2SC(=S)N(C)C2=O)c(C)c(C#N)c1=O. The van der Waals surface area contributed by atoms with Crippen LogP contribution in [0.4, 0.5) is 5.82 Å². The second-order valence-electron chi connectivity index (χ2n) is 7.33. The molecular formula is C20H24N4O2S2. The molecule has 2 aliphatic heterocycles. The van der Waals surface area contributed by atoms with Crippen molar-refractivity contribution >= 4 is 46.1 Å². The Morgan fingerprint density at radius 3 is 2.64 bits per heavy atom. The normalized spacial score (nSPS) is 21.5. The van der Waals surface area contributed by atoms with Crippen molar-refractivity contribution in [2.45, 2.75) is 40.2 Å². The lowest BCUT2D eigenvalue weighted by atomic mass is 9.98. The number of hydrogen-bond acceptors (Lipinski definition) is 6. The van der Waals surface area contributed by atoms with Crippen LogP contribution >= 0.6 is 24.0 Å². The van der Waals surface area contributed by atoms with Crippen LogP contribution in [0.2, 0.25) is 0 Å². The predicted octanol–water partition coefficient (Wildman–Crippen LogP) is 3.12. The molecule has 0 aromatic carbocycles. The number of nitrogens with zero attached hydrogens (tertiary/aromatic N) is 4. The zero-order valence-corrected chi connectivity index (χ0v) is 18.2. The zero-order chi connectivity index (χ0) is 20.6. The van der Waals surface area contributed by atoms with Crippen LogP contribution < -0.4 is 10.5 Å². The summed E-state index contributed by atoms with van der Waals surface area (Å²) in [6.45, 7) is 8.06. The van der Waals surface area contributed by atoms with Crippen LogP contribution in [0.3, 0.4) is 0 Å². The molecule has 1 amide bonds. The smallest absolute Gasteiger partial charge is 0.270 e. The van der Waals surface area contributed by atoms with E-state index in [2.05, 4.69) is 17.9 Å². The Labute approximate surface area is 174 Å². The molecule has 3 heterocycles. The first kappa shape index (κ1) is 20.6. The van der Waals surface area contributed by atoms with Gasteiger partial charge in [-0.3, -0.25) is 19.1 Å². The molecule has 1 aromatic rings. The summed E-state index contributed by atoms with van der Waals surface area (Å²) >= 11 is 6.50. The van der Waals surface area contributed by atoms with Gasteiger partial charge in [-0.05, 0) is 44.2 Å². The molecule has 0 bridgehead atoms. The number of piperidine rings is 1. The Hall–Kier alpha value is -2.11. The van der Waals surface area contributed by atoms with E-state index in [1.165, 1.54) is 16.7 Å². The fourth-order valence-corrected chi connectivity index (χ4v) is 5.00. The number of carbonyl (C=O) groups excluding carboxylic acids is 1.